The minimum absolute atomic E-state index is 0.0150. The molecule has 3 aromatic rings. The Hall–Kier alpha value is -2.75. The van der Waals surface area contributed by atoms with Gasteiger partial charge in [-0.1, -0.05) is 36.7 Å². The topological polar surface area (TPSA) is 92.5 Å². The second kappa shape index (κ2) is 9.17. The molecule has 0 fully saturated rings. The van der Waals surface area contributed by atoms with E-state index in [2.05, 4.69) is 10.5 Å². The molecule has 3 rings (SSSR count). The van der Waals surface area contributed by atoms with Gasteiger partial charge in [0.1, 0.15) is 22.8 Å². The Morgan fingerprint density at radius 3 is 2.39 bits per heavy atom. The molecule has 1 heterocycles. The van der Waals surface area contributed by atoms with Crippen LogP contribution in [0.2, 0.25) is 5.02 Å². The molecule has 10 heteroatoms. The number of anilines is 1. The van der Waals surface area contributed by atoms with Crippen molar-refractivity contribution in [3.8, 4) is 11.3 Å². The van der Waals surface area contributed by atoms with Gasteiger partial charge >= 0.3 is 0 Å². The molecule has 0 aliphatic carbocycles. The summed E-state index contributed by atoms with van der Waals surface area (Å²) in [4.78, 5) is 13.0. The molecular formula is C21H21ClFN3O4S. The number of carbonyl (C=O) groups is 1. The first-order valence-corrected chi connectivity index (χ1v) is 11.3. The zero-order chi connectivity index (χ0) is 22.8. The molecule has 0 aliphatic heterocycles. The number of halogens is 2. The number of nitrogens with one attached hydrogen (secondary N) is 1. The molecule has 0 radical (unpaired) electrons. The summed E-state index contributed by atoms with van der Waals surface area (Å²) in [7, 11) is -3.61. The predicted molar refractivity (Wildman–Crippen MR) is 116 cm³/mol. The highest BCUT2D eigenvalue weighted by molar-refractivity contribution is 7.89. The fourth-order valence-electron chi connectivity index (χ4n) is 3.15. The SMILES string of the molecule is CCN(CC)S(=O)(=O)c1ccc(NC(=O)c2c(-c3c(F)cccc3Cl)noc2C)cc1. The Bertz CT molecular complexity index is 1190. The molecule has 0 atom stereocenters. The molecule has 0 bridgehead atoms. The lowest BCUT2D eigenvalue weighted by Gasteiger charge is -2.18. The van der Waals surface area contributed by atoms with Crippen molar-refractivity contribution in [1.29, 1.82) is 0 Å². The van der Waals surface area contributed by atoms with Gasteiger partial charge in [-0.05, 0) is 43.3 Å². The minimum atomic E-state index is -3.61. The molecule has 7 nitrogen and oxygen atoms in total. The quantitative estimate of drug-likeness (QED) is 0.544. The average molecular weight is 466 g/mol. The van der Waals surface area contributed by atoms with Crippen molar-refractivity contribution in [1.82, 2.24) is 9.46 Å². The van der Waals surface area contributed by atoms with Crippen LogP contribution in [-0.2, 0) is 10.0 Å². The first-order chi connectivity index (χ1) is 14.7. The third-order valence-corrected chi connectivity index (χ3v) is 7.12. The van der Waals surface area contributed by atoms with Gasteiger partial charge < -0.3 is 9.84 Å². The second-order valence-corrected chi connectivity index (χ2v) is 8.97. The van der Waals surface area contributed by atoms with Crippen LogP contribution in [0.4, 0.5) is 10.1 Å². The maximum absolute atomic E-state index is 14.3. The van der Waals surface area contributed by atoms with Gasteiger partial charge in [-0.25, -0.2) is 12.8 Å². The third kappa shape index (κ3) is 4.48. The number of amides is 1. The molecular weight excluding hydrogens is 445 g/mol. The Labute approximate surface area is 184 Å². The van der Waals surface area contributed by atoms with Gasteiger partial charge in [0.2, 0.25) is 10.0 Å². The standard InChI is InChI=1S/C21H21ClFN3O4S/c1-4-26(5-2)31(28,29)15-11-9-14(10-12-15)24-21(27)18-13(3)30-25-20(18)19-16(22)7-6-8-17(19)23/h6-12H,4-5H2,1-3H3,(H,24,27). The van der Waals surface area contributed by atoms with Gasteiger partial charge in [-0.15, -0.1) is 0 Å². The van der Waals surface area contributed by atoms with Gasteiger partial charge in [-0.2, -0.15) is 4.31 Å². The number of hydrogen-bond acceptors (Lipinski definition) is 5. The lowest BCUT2D eigenvalue weighted by molar-refractivity contribution is 0.102. The van der Waals surface area contributed by atoms with Crippen molar-refractivity contribution >= 4 is 33.2 Å². The zero-order valence-corrected chi connectivity index (χ0v) is 18.7. The van der Waals surface area contributed by atoms with E-state index in [-0.39, 0.29) is 32.5 Å². The highest BCUT2D eigenvalue weighted by Crippen LogP contribution is 2.33. The summed E-state index contributed by atoms with van der Waals surface area (Å²) in [6.45, 7) is 5.75. The van der Waals surface area contributed by atoms with Gasteiger partial charge in [0.15, 0.2) is 0 Å². The second-order valence-electron chi connectivity index (χ2n) is 6.63. The Morgan fingerprint density at radius 1 is 1.16 bits per heavy atom. The summed E-state index contributed by atoms with van der Waals surface area (Å²) in [6, 6.07) is 9.93. The molecule has 0 aliphatic rings. The van der Waals surface area contributed by atoms with Crippen molar-refractivity contribution in [3.63, 3.8) is 0 Å². The van der Waals surface area contributed by atoms with Gasteiger partial charge in [-0.3, -0.25) is 4.79 Å². The molecule has 0 unspecified atom stereocenters. The number of sulfonamides is 1. The summed E-state index contributed by atoms with van der Waals surface area (Å²) in [5, 5.41) is 6.56. The van der Waals surface area contributed by atoms with E-state index < -0.39 is 21.7 Å². The van der Waals surface area contributed by atoms with Crippen LogP contribution in [0.15, 0.2) is 51.9 Å². The third-order valence-electron chi connectivity index (χ3n) is 4.74. The van der Waals surface area contributed by atoms with E-state index in [0.29, 0.717) is 18.8 Å². The van der Waals surface area contributed by atoms with Gasteiger partial charge in [0.05, 0.1) is 15.5 Å². The van der Waals surface area contributed by atoms with E-state index in [0.717, 1.165) is 0 Å². The number of hydrogen-bond donors (Lipinski definition) is 1. The molecule has 31 heavy (non-hydrogen) atoms. The van der Waals surface area contributed by atoms with Crippen molar-refractivity contribution in [3.05, 3.63) is 64.6 Å². The fraction of sp³-hybridized carbons (Fsp3) is 0.238. The monoisotopic (exact) mass is 465 g/mol. The van der Waals surface area contributed by atoms with Crippen LogP contribution in [-0.4, -0.2) is 36.9 Å². The van der Waals surface area contributed by atoms with E-state index in [1.54, 1.807) is 13.8 Å². The molecule has 0 saturated carbocycles. The van der Waals surface area contributed by atoms with Crippen LogP contribution in [0.1, 0.15) is 30.0 Å². The normalized spacial score (nSPS) is 11.7. The molecule has 1 aromatic heterocycles. The van der Waals surface area contributed by atoms with Crippen molar-refractivity contribution in [2.45, 2.75) is 25.7 Å². The van der Waals surface area contributed by atoms with E-state index >= 15 is 0 Å². The van der Waals surface area contributed by atoms with Gasteiger partial charge in [0.25, 0.3) is 5.91 Å². The average Bonchev–Trinajstić information content (AvgIpc) is 3.10. The van der Waals surface area contributed by atoms with Crippen LogP contribution in [0, 0.1) is 12.7 Å². The molecule has 164 valence electrons. The Balaban J connectivity index is 1.89. The fourth-order valence-corrected chi connectivity index (χ4v) is 4.86. The molecule has 0 saturated heterocycles. The maximum atomic E-state index is 14.3. The first kappa shape index (κ1) is 22.9. The summed E-state index contributed by atoms with van der Waals surface area (Å²) in [6.07, 6.45) is 0. The lowest BCUT2D eigenvalue weighted by atomic mass is 10.0. The van der Waals surface area contributed by atoms with Crippen LogP contribution >= 0.6 is 11.6 Å². The Kier molecular flexibility index (Phi) is 6.78. The molecule has 2 aromatic carbocycles. The summed E-state index contributed by atoms with van der Waals surface area (Å²) in [5.74, 6) is -1.04. The van der Waals surface area contributed by atoms with Gasteiger partial charge in [0, 0.05) is 18.8 Å². The highest BCUT2D eigenvalue weighted by Gasteiger charge is 2.26. The van der Waals surface area contributed by atoms with Crippen molar-refractivity contribution in [2.24, 2.45) is 0 Å². The number of aromatic nitrogens is 1. The van der Waals surface area contributed by atoms with Crippen molar-refractivity contribution < 1.29 is 22.1 Å². The van der Waals surface area contributed by atoms with E-state index in [9.17, 15) is 17.6 Å². The number of benzene rings is 2. The van der Waals surface area contributed by atoms with Crippen LogP contribution < -0.4 is 5.32 Å². The minimum Gasteiger partial charge on any atom is -0.360 e. The summed E-state index contributed by atoms with van der Waals surface area (Å²) in [5.41, 5.74) is 0.340. The summed E-state index contributed by atoms with van der Waals surface area (Å²) < 4.78 is 46.0. The molecule has 1 amide bonds. The highest BCUT2D eigenvalue weighted by atomic mass is 35.5. The first-order valence-electron chi connectivity index (χ1n) is 9.52. The smallest absolute Gasteiger partial charge is 0.261 e. The van der Waals surface area contributed by atoms with Crippen LogP contribution in [0.5, 0.6) is 0 Å². The van der Waals surface area contributed by atoms with E-state index in [1.165, 1.54) is 53.7 Å². The Morgan fingerprint density at radius 2 is 1.81 bits per heavy atom. The van der Waals surface area contributed by atoms with Crippen LogP contribution in [0.3, 0.4) is 0 Å². The maximum Gasteiger partial charge on any atom is 0.261 e. The largest absolute Gasteiger partial charge is 0.360 e. The number of rotatable bonds is 7. The van der Waals surface area contributed by atoms with Crippen LogP contribution in [0.25, 0.3) is 11.3 Å². The number of aryl methyl sites for hydroxylation is 1. The van der Waals surface area contributed by atoms with E-state index in [1.807, 2.05) is 0 Å². The lowest BCUT2D eigenvalue weighted by Crippen LogP contribution is -2.30. The predicted octanol–water partition coefficient (Wildman–Crippen LogP) is 4.73. The summed E-state index contributed by atoms with van der Waals surface area (Å²) >= 11 is 6.11. The number of carbonyl (C=O) groups excluding carboxylic acids is 1. The molecule has 0 spiro atoms. The van der Waals surface area contributed by atoms with E-state index in [4.69, 9.17) is 16.1 Å². The zero-order valence-electron chi connectivity index (χ0n) is 17.1. The molecule has 1 N–H and O–H groups in total. The van der Waals surface area contributed by atoms with Crippen molar-refractivity contribution in [2.75, 3.05) is 18.4 Å². The number of nitrogens with zero attached hydrogens (tertiary/aromatic N) is 2.